The molecule has 116 valence electrons. The maximum Gasteiger partial charge on any atom is 0.261 e. The van der Waals surface area contributed by atoms with E-state index in [1.165, 1.54) is 12.5 Å². The van der Waals surface area contributed by atoms with Crippen molar-refractivity contribution in [2.75, 3.05) is 0 Å². The summed E-state index contributed by atoms with van der Waals surface area (Å²) in [5.41, 5.74) is 0. The van der Waals surface area contributed by atoms with Crippen LogP contribution in [0.2, 0.25) is 0 Å². The molecule has 1 amide bonds. The Labute approximate surface area is 123 Å². The van der Waals surface area contributed by atoms with Crippen LogP contribution in [-0.4, -0.2) is 18.1 Å². The minimum Gasteiger partial charge on any atom is -0.481 e. The minimum absolute atomic E-state index is 0.147. The number of carbonyl (C=O) groups excluding carboxylic acids is 1. The lowest BCUT2D eigenvalue weighted by molar-refractivity contribution is -0.128. The fourth-order valence-corrected chi connectivity index (χ4v) is 2.64. The first-order valence-corrected chi connectivity index (χ1v) is 7.39. The van der Waals surface area contributed by atoms with E-state index in [0.29, 0.717) is 5.92 Å². The van der Waals surface area contributed by atoms with Gasteiger partial charge in [-0.3, -0.25) is 4.79 Å². The van der Waals surface area contributed by atoms with Crippen LogP contribution in [0.15, 0.2) is 18.2 Å². The topological polar surface area (TPSA) is 38.3 Å². The highest BCUT2D eigenvalue weighted by Gasteiger charge is 2.25. The molecule has 0 bridgehead atoms. The molecule has 1 saturated carbocycles. The molecular formula is C16H21F2NO2. The van der Waals surface area contributed by atoms with Gasteiger partial charge >= 0.3 is 0 Å². The molecule has 1 aliphatic carbocycles. The van der Waals surface area contributed by atoms with Crippen LogP contribution in [0.25, 0.3) is 0 Å². The molecule has 0 spiro atoms. The molecule has 1 aromatic rings. The van der Waals surface area contributed by atoms with Crippen molar-refractivity contribution in [3.8, 4) is 5.75 Å². The van der Waals surface area contributed by atoms with Crippen LogP contribution in [0.4, 0.5) is 8.78 Å². The summed E-state index contributed by atoms with van der Waals surface area (Å²) in [7, 11) is 0. The average Bonchev–Trinajstić information content (AvgIpc) is 2.45. The summed E-state index contributed by atoms with van der Waals surface area (Å²) in [5.74, 6) is -1.54. The highest BCUT2D eigenvalue weighted by Crippen LogP contribution is 2.24. The van der Waals surface area contributed by atoms with Crippen molar-refractivity contribution in [3.63, 3.8) is 0 Å². The van der Waals surface area contributed by atoms with E-state index in [1.54, 1.807) is 6.92 Å². The standard InChI is InChI=1S/C16H21F2NO2/c1-10-5-3-4-6-15(10)19-16(20)11(2)21-12-7-8-13(17)14(18)9-12/h7-11,15H,3-6H2,1-2H3,(H,19,20). The predicted octanol–water partition coefficient (Wildman–Crippen LogP) is 3.43. The number of halogens is 2. The lowest BCUT2D eigenvalue weighted by Crippen LogP contribution is -2.46. The number of benzene rings is 1. The molecule has 1 N–H and O–H groups in total. The third kappa shape index (κ3) is 4.16. The summed E-state index contributed by atoms with van der Waals surface area (Å²) in [6, 6.07) is 3.41. The van der Waals surface area contributed by atoms with Gasteiger partial charge in [0.15, 0.2) is 17.7 Å². The highest BCUT2D eigenvalue weighted by atomic mass is 19.2. The van der Waals surface area contributed by atoms with Gasteiger partial charge < -0.3 is 10.1 Å². The fourth-order valence-electron chi connectivity index (χ4n) is 2.64. The maximum atomic E-state index is 13.1. The van der Waals surface area contributed by atoms with Crippen molar-refractivity contribution in [3.05, 3.63) is 29.8 Å². The van der Waals surface area contributed by atoms with Crippen molar-refractivity contribution in [1.29, 1.82) is 0 Å². The van der Waals surface area contributed by atoms with Gasteiger partial charge in [0, 0.05) is 12.1 Å². The van der Waals surface area contributed by atoms with E-state index in [2.05, 4.69) is 12.2 Å². The minimum atomic E-state index is -0.985. The van der Waals surface area contributed by atoms with E-state index < -0.39 is 17.7 Å². The van der Waals surface area contributed by atoms with Crippen LogP contribution in [-0.2, 0) is 4.79 Å². The van der Waals surface area contributed by atoms with Gasteiger partial charge in [-0.25, -0.2) is 8.78 Å². The Kier molecular flexibility index (Phi) is 5.15. The van der Waals surface area contributed by atoms with Gasteiger partial charge in [0.25, 0.3) is 5.91 Å². The van der Waals surface area contributed by atoms with E-state index in [1.807, 2.05) is 0 Å². The van der Waals surface area contributed by atoms with E-state index >= 15 is 0 Å². The molecule has 0 aromatic heterocycles. The normalized spacial score (nSPS) is 23.4. The zero-order valence-corrected chi connectivity index (χ0v) is 12.4. The molecule has 1 aliphatic rings. The van der Waals surface area contributed by atoms with Crippen molar-refractivity contribution >= 4 is 5.91 Å². The molecule has 3 nitrogen and oxygen atoms in total. The van der Waals surface area contributed by atoms with Crippen LogP contribution in [0, 0.1) is 17.6 Å². The summed E-state index contributed by atoms with van der Waals surface area (Å²) in [6.07, 6.45) is 3.67. The molecule has 3 atom stereocenters. The Morgan fingerprint density at radius 1 is 1.29 bits per heavy atom. The first kappa shape index (κ1) is 15.7. The molecule has 0 heterocycles. The number of rotatable bonds is 4. The van der Waals surface area contributed by atoms with Gasteiger partial charge in [-0.05, 0) is 37.8 Å². The molecule has 2 rings (SSSR count). The monoisotopic (exact) mass is 297 g/mol. The Morgan fingerprint density at radius 3 is 2.67 bits per heavy atom. The molecule has 0 saturated heterocycles. The zero-order chi connectivity index (χ0) is 15.4. The Morgan fingerprint density at radius 2 is 2.00 bits per heavy atom. The Hall–Kier alpha value is -1.65. The van der Waals surface area contributed by atoms with Crippen LogP contribution >= 0.6 is 0 Å². The van der Waals surface area contributed by atoms with Crippen LogP contribution in [0.5, 0.6) is 5.75 Å². The van der Waals surface area contributed by atoms with E-state index in [0.717, 1.165) is 31.4 Å². The quantitative estimate of drug-likeness (QED) is 0.924. The second-order valence-corrected chi connectivity index (χ2v) is 5.71. The number of hydrogen-bond acceptors (Lipinski definition) is 2. The van der Waals surface area contributed by atoms with Crippen molar-refractivity contribution in [1.82, 2.24) is 5.32 Å². The third-order valence-corrected chi connectivity index (χ3v) is 4.01. The first-order valence-electron chi connectivity index (χ1n) is 7.39. The number of carbonyl (C=O) groups is 1. The van der Waals surface area contributed by atoms with Gasteiger partial charge in [0.2, 0.25) is 0 Å². The molecule has 21 heavy (non-hydrogen) atoms. The number of amides is 1. The number of ether oxygens (including phenoxy) is 1. The Balaban J connectivity index is 1.91. The molecule has 5 heteroatoms. The summed E-state index contributed by atoms with van der Waals surface area (Å²) in [5, 5.41) is 2.98. The van der Waals surface area contributed by atoms with Gasteiger partial charge in [-0.1, -0.05) is 19.8 Å². The summed E-state index contributed by atoms with van der Waals surface area (Å²) < 4.78 is 31.3. The zero-order valence-electron chi connectivity index (χ0n) is 12.4. The largest absolute Gasteiger partial charge is 0.481 e. The van der Waals surface area contributed by atoms with Gasteiger partial charge in [0.05, 0.1) is 0 Å². The molecule has 1 fully saturated rings. The number of nitrogens with one attached hydrogen (secondary N) is 1. The van der Waals surface area contributed by atoms with Crippen molar-refractivity contribution in [2.45, 2.75) is 51.7 Å². The van der Waals surface area contributed by atoms with Crippen molar-refractivity contribution in [2.24, 2.45) is 5.92 Å². The smallest absolute Gasteiger partial charge is 0.261 e. The van der Waals surface area contributed by atoms with E-state index in [9.17, 15) is 13.6 Å². The van der Waals surface area contributed by atoms with Gasteiger partial charge in [0.1, 0.15) is 5.75 Å². The molecule has 3 unspecified atom stereocenters. The van der Waals surface area contributed by atoms with Crippen LogP contribution in [0.3, 0.4) is 0 Å². The van der Waals surface area contributed by atoms with E-state index in [4.69, 9.17) is 4.74 Å². The van der Waals surface area contributed by atoms with E-state index in [-0.39, 0.29) is 17.7 Å². The summed E-state index contributed by atoms with van der Waals surface area (Å²) in [6.45, 7) is 3.73. The first-order chi connectivity index (χ1) is 9.97. The number of hydrogen-bond donors (Lipinski definition) is 1. The fraction of sp³-hybridized carbons (Fsp3) is 0.562. The average molecular weight is 297 g/mol. The SMILES string of the molecule is CC(Oc1ccc(F)c(F)c1)C(=O)NC1CCCCC1C. The second kappa shape index (κ2) is 6.87. The van der Waals surface area contributed by atoms with Gasteiger partial charge in [-0.2, -0.15) is 0 Å². The van der Waals surface area contributed by atoms with Crippen LogP contribution < -0.4 is 10.1 Å². The maximum absolute atomic E-state index is 13.1. The highest BCUT2D eigenvalue weighted by molar-refractivity contribution is 5.81. The van der Waals surface area contributed by atoms with Crippen LogP contribution in [0.1, 0.15) is 39.5 Å². The third-order valence-electron chi connectivity index (χ3n) is 4.01. The predicted molar refractivity (Wildman–Crippen MR) is 76.0 cm³/mol. The second-order valence-electron chi connectivity index (χ2n) is 5.71. The van der Waals surface area contributed by atoms with Crippen molar-refractivity contribution < 1.29 is 18.3 Å². The molecule has 0 radical (unpaired) electrons. The van der Waals surface area contributed by atoms with Gasteiger partial charge in [-0.15, -0.1) is 0 Å². The lowest BCUT2D eigenvalue weighted by Gasteiger charge is -2.30. The molecule has 0 aliphatic heterocycles. The summed E-state index contributed by atoms with van der Waals surface area (Å²) >= 11 is 0. The Bertz CT molecular complexity index is 507. The lowest BCUT2D eigenvalue weighted by atomic mass is 9.86. The molecule has 1 aromatic carbocycles. The molecular weight excluding hydrogens is 276 g/mol. The summed E-state index contributed by atoms with van der Waals surface area (Å²) in [4.78, 5) is 12.1.